The van der Waals surface area contributed by atoms with Gasteiger partial charge in [0.05, 0.1) is 11.6 Å². The van der Waals surface area contributed by atoms with Gasteiger partial charge in [-0.3, -0.25) is 10.1 Å². The topological polar surface area (TPSA) is 32.3 Å². The third kappa shape index (κ3) is 2.79. The highest BCUT2D eigenvalue weighted by molar-refractivity contribution is 5.88. The number of hydrogen-bond donors (Lipinski definition) is 1. The van der Waals surface area contributed by atoms with Crippen molar-refractivity contribution in [2.24, 2.45) is 0 Å². The summed E-state index contributed by atoms with van der Waals surface area (Å²) in [6.45, 7) is 7.37. The maximum atomic E-state index is 13.3. The zero-order valence-electron chi connectivity index (χ0n) is 14.1. The Balaban J connectivity index is 1.91. The van der Waals surface area contributed by atoms with Crippen LogP contribution in [-0.4, -0.2) is 28.4 Å². The average molecular weight is 300 g/mol. The molecule has 3 heteroatoms. The van der Waals surface area contributed by atoms with Crippen LogP contribution < -0.4 is 5.32 Å². The van der Waals surface area contributed by atoms with E-state index in [2.05, 4.69) is 55.3 Å². The molecule has 1 aliphatic carbocycles. The Morgan fingerprint density at radius 1 is 1.09 bits per heavy atom. The normalized spacial score (nSPS) is 25.2. The third-order valence-corrected chi connectivity index (χ3v) is 5.27. The van der Waals surface area contributed by atoms with E-state index in [0.717, 1.165) is 32.2 Å². The van der Waals surface area contributed by atoms with Crippen molar-refractivity contribution in [3.63, 3.8) is 0 Å². The molecule has 1 saturated heterocycles. The highest BCUT2D eigenvalue weighted by atomic mass is 16.2. The second kappa shape index (κ2) is 5.69. The van der Waals surface area contributed by atoms with Crippen LogP contribution in [0.2, 0.25) is 0 Å². The van der Waals surface area contributed by atoms with Crippen LogP contribution in [0, 0.1) is 0 Å². The van der Waals surface area contributed by atoms with Gasteiger partial charge in [-0.2, -0.15) is 0 Å². The van der Waals surface area contributed by atoms with Gasteiger partial charge in [0.25, 0.3) is 0 Å². The van der Waals surface area contributed by atoms with Crippen LogP contribution in [0.5, 0.6) is 0 Å². The molecule has 1 amide bonds. The van der Waals surface area contributed by atoms with Crippen LogP contribution in [0.15, 0.2) is 30.3 Å². The van der Waals surface area contributed by atoms with E-state index in [1.54, 1.807) is 0 Å². The predicted octanol–water partition coefficient (Wildman–Crippen LogP) is 3.66. The van der Waals surface area contributed by atoms with Crippen molar-refractivity contribution in [3.05, 3.63) is 35.9 Å². The van der Waals surface area contributed by atoms with Gasteiger partial charge in [0.15, 0.2) is 0 Å². The fourth-order valence-electron chi connectivity index (χ4n) is 4.23. The van der Waals surface area contributed by atoms with E-state index in [9.17, 15) is 4.79 Å². The van der Waals surface area contributed by atoms with E-state index in [0.29, 0.717) is 5.91 Å². The maximum Gasteiger partial charge on any atom is 0.243 e. The summed E-state index contributed by atoms with van der Waals surface area (Å²) in [5, 5.41) is 3.70. The smallest absolute Gasteiger partial charge is 0.243 e. The zero-order valence-corrected chi connectivity index (χ0v) is 14.1. The molecule has 1 N–H and O–H groups in total. The number of carbonyl (C=O) groups is 1. The van der Waals surface area contributed by atoms with Gasteiger partial charge >= 0.3 is 0 Å². The third-order valence-electron chi connectivity index (χ3n) is 5.27. The number of nitrogens with one attached hydrogen (secondary N) is 1. The molecule has 1 spiro atoms. The first-order valence-corrected chi connectivity index (χ1v) is 8.59. The Bertz CT molecular complexity index is 532. The van der Waals surface area contributed by atoms with E-state index in [1.807, 2.05) is 6.07 Å². The number of carbonyl (C=O) groups excluding carboxylic acids is 1. The Labute approximate surface area is 134 Å². The van der Waals surface area contributed by atoms with Gasteiger partial charge in [0.2, 0.25) is 5.91 Å². The lowest BCUT2D eigenvalue weighted by atomic mass is 9.76. The van der Waals surface area contributed by atoms with Crippen LogP contribution in [0.1, 0.15) is 64.5 Å². The Morgan fingerprint density at radius 3 is 2.36 bits per heavy atom. The number of hydrogen-bond acceptors (Lipinski definition) is 2. The molecule has 0 aromatic heterocycles. The molecule has 3 nitrogen and oxygen atoms in total. The van der Waals surface area contributed by atoms with E-state index < -0.39 is 0 Å². The maximum absolute atomic E-state index is 13.3. The van der Waals surface area contributed by atoms with Crippen LogP contribution in [0.25, 0.3) is 0 Å². The summed E-state index contributed by atoms with van der Waals surface area (Å²) in [5.74, 6) is 0.308. The lowest BCUT2D eigenvalue weighted by molar-refractivity contribution is -0.150. The van der Waals surface area contributed by atoms with Crippen LogP contribution >= 0.6 is 0 Å². The van der Waals surface area contributed by atoms with E-state index in [-0.39, 0.29) is 17.1 Å². The number of rotatable bonds is 2. The van der Waals surface area contributed by atoms with Gasteiger partial charge in [0.1, 0.15) is 0 Å². The fraction of sp³-hybridized carbons (Fsp3) is 0.632. The van der Waals surface area contributed by atoms with Crippen molar-refractivity contribution in [2.45, 2.75) is 70.0 Å². The highest BCUT2D eigenvalue weighted by Crippen LogP contribution is 2.38. The minimum atomic E-state index is -0.330. The van der Waals surface area contributed by atoms with Gasteiger partial charge in [-0.05, 0) is 39.2 Å². The summed E-state index contributed by atoms with van der Waals surface area (Å²) in [5.41, 5.74) is 0.858. The molecule has 1 aromatic carbocycles. The molecule has 2 fully saturated rings. The van der Waals surface area contributed by atoms with E-state index in [1.165, 1.54) is 12.0 Å². The van der Waals surface area contributed by atoms with Crippen molar-refractivity contribution in [2.75, 3.05) is 6.54 Å². The first-order chi connectivity index (χ1) is 10.4. The molecular weight excluding hydrogens is 272 g/mol. The zero-order chi connectivity index (χ0) is 15.8. The minimum Gasteiger partial charge on any atom is -0.333 e. The Hall–Kier alpha value is -1.35. The minimum absolute atomic E-state index is 0.0334. The number of amides is 1. The Kier molecular flexibility index (Phi) is 4.02. The first-order valence-electron chi connectivity index (χ1n) is 8.59. The number of benzene rings is 1. The molecule has 0 radical (unpaired) electrons. The van der Waals surface area contributed by atoms with Gasteiger partial charge in [-0.25, -0.2) is 0 Å². The summed E-state index contributed by atoms with van der Waals surface area (Å²) < 4.78 is 0. The largest absolute Gasteiger partial charge is 0.333 e. The molecule has 0 bridgehead atoms. The lowest BCUT2D eigenvalue weighted by Crippen LogP contribution is -2.72. The predicted molar refractivity (Wildman–Crippen MR) is 89.6 cm³/mol. The molecule has 1 heterocycles. The fourth-order valence-corrected chi connectivity index (χ4v) is 4.23. The summed E-state index contributed by atoms with van der Waals surface area (Å²) >= 11 is 0. The quantitative estimate of drug-likeness (QED) is 0.904. The molecule has 1 atom stereocenters. The summed E-state index contributed by atoms with van der Waals surface area (Å²) in [6.07, 6.45) is 5.52. The van der Waals surface area contributed by atoms with E-state index >= 15 is 0 Å². The molecule has 3 rings (SSSR count). The molecule has 1 saturated carbocycles. The van der Waals surface area contributed by atoms with Gasteiger partial charge in [0, 0.05) is 12.1 Å². The first kappa shape index (κ1) is 15.5. The van der Waals surface area contributed by atoms with Crippen LogP contribution in [0.3, 0.4) is 0 Å². The highest BCUT2D eigenvalue weighted by Gasteiger charge is 2.50. The monoisotopic (exact) mass is 300 g/mol. The van der Waals surface area contributed by atoms with Crippen molar-refractivity contribution in [1.29, 1.82) is 0 Å². The van der Waals surface area contributed by atoms with Crippen molar-refractivity contribution in [1.82, 2.24) is 10.2 Å². The van der Waals surface area contributed by atoms with Gasteiger partial charge in [-0.1, -0.05) is 49.6 Å². The molecule has 120 valence electrons. The lowest BCUT2D eigenvalue weighted by Gasteiger charge is -2.53. The molecule has 22 heavy (non-hydrogen) atoms. The van der Waals surface area contributed by atoms with E-state index in [4.69, 9.17) is 0 Å². The summed E-state index contributed by atoms with van der Waals surface area (Å²) in [7, 11) is 0. The van der Waals surface area contributed by atoms with Crippen molar-refractivity contribution in [3.8, 4) is 0 Å². The SMILES string of the molecule is C[C@@H](c1ccccc1)N1CC(C)(C)NC2(CCCCC2)C1=O. The molecule has 2 aliphatic rings. The number of piperazine rings is 1. The standard InChI is InChI=1S/C19H28N2O/c1-15(16-10-6-4-7-11-16)21-14-18(2,3)20-19(17(21)22)12-8-5-9-13-19/h4,6-7,10-11,15,20H,5,8-9,12-14H2,1-3H3/t15-/m0/s1. The molecule has 1 aliphatic heterocycles. The molecule has 0 unspecified atom stereocenters. The number of nitrogens with zero attached hydrogens (tertiary/aromatic N) is 1. The second-order valence-electron chi connectivity index (χ2n) is 7.67. The summed E-state index contributed by atoms with van der Waals surface area (Å²) in [4.78, 5) is 15.4. The Morgan fingerprint density at radius 2 is 1.73 bits per heavy atom. The summed E-state index contributed by atoms with van der Waals surface area (Å²) in [6, 6.07) is 10.5. The van der Waals surface area contributed by atoms with Gasteiger partial charge in [-0.15, -0.1) is 0 Å². The van der Waals surface area contributed by atoms with Crippen molar-refractivity contribution < 1.29 is 4.79 Å². The van der Waals surface area contributed by atoms with Crippen LogP contribution in [-0.2, 0) is 4.79 Å². The average Bonchev–Trinajstić information content (AvgIpc) is 2.51. The molecule has 1 aromatic rings. The molecular formula is C19H28N2O. The second-order valence-corrected chi connectivity index (χ2v) is 7.67. The van der Waals surface area contributed by atoms with Gasteiger partial charge < -0.3 is 4.90 Å². The van der Waals surface area contributed by atoms with Crippen LogP contribution in [0.4, 0.5) is 0 Å². The van der Waals surface area contributed by atoms with Crippen molar-refractivity contribution >= 4 is 5.91 Å².